The number of hydrogen-bond donors (Lipinski definition) is 1. The fourth-order valence-corrected chi connectivity index (χ4v) is 2.50. The van der Waals surface area contributed by atoms with Crippen LogP contribution in [0.5, 0.6) is 5.75 Å². The highest BCUT2D eigenvalue weighted by molar-refractivity contribution is 7.10. The molecule has 1 heterocycles. The van der Waals surface area contributed by atoms with E-state index in [1.54, 1.807) is 11.4 Å². The average molecular weight is 312 g/mol. The van der Waals surface area contributed by atoms with Gasteiger partial charge < -0.3 is 10.1 Å². The highest BCUT2D eigenvalue weighted by Crippen LogP contribution is 2.37. The molecule has 0 amide bonds. The number of methoxy groups -OCH3 is 1. The van der Waals surface area contributed by atoms with Crippen molar-refractivity contribution in [3.8, 4) is 11.8 Å². The van der Waals surface area contributed by atoms with Crippen molar-refractivity contribution in [3.05, 3.63) is 45.6 Å². The van der Waals surface area contributed by atoms with Crippen LogP contribution in [-0.2, 0) is 12.7 Å². The Morgan fingerprint density at radius 1 is 1.33 bits per heavy atom. The molecule has 21 heavy (non-hydrogen) atoms. The van der Waals surface area contributed by atoms with E-state index in [4.69, 9.17) is 10.00 Å². The summed E-state index contributed by atoms with van der Waals surface area (Å²) < 4.78 is 43.9. The van der Waals surface area contributed by atoms with Crippen molar-refractivity contribution < 1.29 is 17.9 Å². The molecule has 1 N–H and O–H groups in total. The maximum absolute atomic E-state index is 13.0. The Morgan fingerprint density at radius 2 is 2.10 bits per heavy atom. The van der Waals surface area contributed by atoms with E-state index in [1.807, 2.05) is 6.07 Å². The summed E-state index contributed by atoms with van der Waals surface area (Å²) in [5, 5.41) is 13.1. The van der Waals surface area contributed by atoms with Crippen LogP contribution in [0.2, 0.25) is 0 Å². The van der Waals surface area contributed by atoms with Crippen LogP contribution >= 0.6 is 11.3 Å². The number of benzene rings is 1. The quantitative estimate of drug-likeness (QED) is 0.917. The van der Waals surface area contributed by atoms with Gasteiger partial charge in [0, 0.05) is 22.5 Å². The van der Waals surface area contributed by atoms with Crippen LogP contribution in [-0.4, -0.2) is 7.11 Å². The first-order valence-corrected chi connectivity index (χ1v) is 6.78. The van der Waals surface area contributed by atoms with Crippen LogP contribution in [0.1, 0.15) is 16.0 Å². The molecule has 0 atom stereocenters. The van der Waals surface area contributed by atoms with Crippen molar-refractivity contribution in [1.29, 1.82) is 5.26 Å². The van der Waals surface area contributed by atoms with Gasteiger partial charge in [0.2, 0.25) is 0 Å². The molecule has 0 aliphatic rings. The highest BCUT2D eigenvalue weighted by Gasteiger charge is 2.34. The van der Waals surface area contributed by atoms with E-state index < -0.39 is 11.7 Å². The third kappa shape index (κ3) is 3.67. The van der Waals surface area contributed by atoms with Crippen LogP contribution in [0, 0.1) is 11.3 Å². The van der Waals surface area contributed by atoms with Crippen molar-refractivity contribution in [3.63, 3.8) is 0 Å². The van der Waals surface area contributed by atoms with Crippen molar-refractivity contribution in [2.24, 2.45) is 0 Å². The number of anilines is 1. The number of thiophene rings is 1. The second kappa shape index (κ2) is 6.06. The topological polar surface area (TPSA) is 45.0 Å². The summed E-state index contributed by atoms with van der Waals surface area (Å²) >= 11 is 1.32. The largest absolute Gasteiger partial charge is 0.497 e. The zero-order chi connectivity index (χ0) is 15.5. The average Bonchev–Trinajstić information content (AvgIpc) is 2.92. The Hall–Kier alpha value is -2.20. The van der Waals surface area contributed by atoms with Crippen LogP contribution in [0.15, 0.2) is 29.6 Å². The number of halogens is 3. The maximum atomic E-state index is 13.0. The first-order chi connectivity index (χ1) is 9.94. The Bertz CT molecular complexity index is 674. The molecular formula is C14H11F3N2OS. The normalized spacial score (nSPS) is 11.0. The first-order valence-electron chi connectivity index (χ1n) is 5.90. The van der Waals surface area contributed by atoms with Crippen molar-refractivity contribution in [2.75, 3.05) is 12.4 Å². The van der Waals surface area contributed by atoms with Gasteiger partial charge in [-0.3, -0.25) is 0 Å². The highest BCUT2D eigenvalue weighted by atomic mass is 32.1. The molecule has 7 heteroatoms. The molecule has 0 radical (unpaired) electrons. The predicted octanol–water partition coefficient (Wildman–Crippen LogP) is 4.26. The fourth-order valence-electron chi connectivity index (χ4n) is 1.75. The molecule has 2 aromatic rings. The van der Waals surface area contributed by atoms with E-state index in [0.29, 0.717) is 5.56 Å². The molecular weight excluding hydrogens is 301 g/mol. The monoisotopic (exact) mass is 312 g/mol. The van der Waals surface area contributed by atoms with Gasteiger partial charge in [0.25, 0.3) is 0 Å². The maximum Gasteiger partial charge on any atom is 0.418 e. The van der Waals surface area contributed by atoms with E-state index in [9.17, 15) is 13.2 Å². The smallest absolute Gasteiger partial charge is 0.418 e. The van der Waals surface area contributed by atoms with Crippen molar-refractivity contribution in [1.82, 2.24) is 0 Å². The third-order valence-electron chi connectivity index (χ3n) is 2.77. The number of nitrogens with zero attached hydrogens (tertiary/aromatic N) is 1. The summed E-state index contributed by atoms with van der Waals surface area (Å²) in [6.45, 7) is 0.224. The summed E-state index contributed by atoms with van der Waals surface area (Å²) in [7, 11) is 1.32. The lowest BCUT2D eigenvalue weighted by Crippen LogP contribution is -2.10. The minimum Gasteiger partial charge on any atom is -0.497 e. The Labute approximate surface area is 123 Å². The SMILES string of the molecule is COc1ccc(NCc2cc(C#N)cs2)c(C(F)(F)F)c1. The zero-order valence-corrected chi connectivity index (χ0v) is 11.8. The van der Waals surface area contributed by atoms with Gasteiger partial charge in [-0.1, -0.05) is 0 Å². The van der Waals surface area contributed by atoms with E-state index in [-0.39, 0.29) is 18.0 Å². The third-order valence-corrected chi connectivity index (χ3v) is 3.70. The molecule has 0 spiro atoms. The minimum absolute atomic E-state index is 0.0183. The van der Waals surface area contributed by atoms with Gasteiger partial charge in [0.05, 0.1) is 18.2 Å². The lowest BCUT2D eigenvalue weighted by molar-refractivity contribution is -0.137. The minimum atomic E-state index is -4.47. The summed E-state index contributed by atoms with van der Waals surface area (Å²) in [6, 6.07) is 7.38. The molecule has 3 nitrogen and oxygen atoms in total. The number of rotatable bonds is 4. The number of alkyl halides is 3. The first kappa shape index (κ1) is 15.2. The summed E-state index contributed by atoms with van der Waals surface area (Å²) in [5.41, 5.74) is -0.295. The Kier molecular flexibility index (Phi) is 4.38. The molecule has 0 fully saturated rings. The molecule has 1 aromatic heterocycles. The lowest BCUT2D eigenvalue weighted by atomic mass is 10.1. The van der Waals surface area contributed by atoms with Crippen LogP contribution in [0.3, 0.4) is 0 Å². The molecule has 2 rings (SSSR count). The standard InChI is InChI=1S/C14H11F3N2OS/c1-20-10-2-3-13(12(5-10)14(15,16)17)19-7-11-4-9(6-18)8-21-11/h2-5,8,19H,7H2,1H3. The van der Waals surface area contributed by atoms with E-state index >= 15 is 0 Å². The van der Waals surface area contributed by atoms with Gasteiger partial charge >= 0.3 is 6.18 Å². The molecule has 0 aliphatic heterocycles. The van der Waals surface area contributed by atoms with E-state index in [1.165, 1.54) is 30.6 Å². The lowest BCUT2D eigenvalue weighted by Gasteiger charge is -2.15. The summed E-state index contributed by atoms with van der Waals surface area (Å²) in [6.07, 6.45) is -4.47. The van der Waals surface area contributed by atoms with Gasteiger partial charge in [0.1, 0.15) is 11.8 Å². The second-order valence-corrected chi connectivity index (χ2v) is 5.17. The summed E-state index contributed by atoms with van der Waals surface area (Å²) in [4.78, 5) is 0.787. The van der Waals surface area contributed by atoms with Crippen molar-refractivity contribution >= 4 is 17.0 Å². The van der Waals surface area contributed by atoms with E-state index in [2.05, 4.69) is 5.32 Å². The molecule has 110 valence electrons. The van der Waals surface area contributed by atoms with Gasteiger partial charge in [-0.15, -0.1) is 11.3 Å². The summed E-state index contributed by atoms with van der Waals surface area (Å²) in [5.74, 6) is 0.149. The van der Waals surface area contributed by atoms with Gasteiger partial charge in [-0.2, -0.15) is 18.4 Å². The second-order valence-electron chi connectivity index (χ2n) is 4.18. The molecule has 0 aliphatic carbocycles. The van der Waals surface area contributed by atoms with Crippen LogP contribution in [0.25, 0.3) is 0 Å². The van der Waals surface area contributed by atoms with Gasteiger partial charge in [-0.05, 0) is 24.3 Å². The Morgan fingerprint density at radius 3 is 2.67 bits per heavy atom. The number of hydrogen-bond acceptors (Lipinski definition) is 4. The number of ether oxygens (including phenoxy) is 1. The molecule has 0 unspecified atom stereocenters. The molecule has 0 saturated carbocycles. The van der Waals surface area contributed by atoms with Gasteiger partial charge in [-0.25, -0.2) is 0 Å². The predicted molar refractivity (Wildman–Crippen MR) is 74.4 cm³/mol. The molecule has 0 bridgehead atoms. The van der Waals surface area contributed by atoms with Crippen LogP contribution < -0.4 is 10.1 Å². The number of nitriles is 1. The number of nitrogens with one attached hydrogen (secondary N) is 1. The fraction of sp³-hybridized carbons (Fsp3) is 0.214. The van der Waals surface area contributed by atoms with E-state index in [0.717, 1.165) is 10.9 Å². The Balaban J connectivity index is 2.21. The molecule has 1 aromatic carbocycles. The van der Waals surface area contributed by atoms with Crippen molar-refractivity contribution in [2.45, 2.75) is 12.7 Å². The van der Waals surface area contributed by atoms with Crippen LogP contribution in [0.4, 0.5) is 18.9 Å². The zero-order valence-electron chi connectivity index (χ0n) is 11.0. The molecule has 0 saturated heterocycles. The van der Waals surface area contributed by atoms with Gasteiger partial charge in [0.15, 0.2) is 0 Å².